The Balaban J connectivity index is 1.35. The van der Waals surface area contributed by atoms with Gasteiger partial charge in [-0.2, -0.15) is 0 Å². The second-order valence-corrected chi connectivity index (χ2v) is 10.7. The van der Waals surface area contributed by atoms with Crippen LogP contribution in [-0.4, -0.2) is 34.2 Å². The quantitative estimate of drug-likeness (QED) is 0.547. The van der Waals surface area contributed by atoms with Gasteiger partial charge in [-0.05, 0) is 80.4 Å². The van der Waals surface area contributed by atoms with Crippen molar-refractivity contribution in [1.82, 2.24) is 4.90 Å². The lowest BCUT2D eigenvalue weighted by molar-refractivity contribution is -0.146. The molecule has 32 heavy (non-hydrogen) atoms. The van der Waals surface area contributed by atoms with Crippen molar-refractivity contribution in [2.75, 3.05) is 0 Å². The van der Waals surface area contributed by atoms with Crippen molar-refractivity contribution in [2.45, 2.75) is 89.4 Å². The molecule has 2 unspecified atom stereocenters. The molecule has 3 aliphatic rings. The molecule has 2 heterocycles. The van der Waals surface area contributed by atoms with Crippen molar-refractivity contribution >= 4 is 28.3 Å². The van der Waals surface area contributed by atoms with E-state index < -0.39 is 5.97 Å². The summed E-state index contributed by atoms with van der Waals surface area (Å²) in [6.45, 7) is 3.18. The molecule has 2 aliphatic heterocycles. The first kappa shape index (κ1) is 22.0. The van der Waals surface area contributed by atoms with Gasteiger partial charge >= 0.3 is 5.97 Å². The van der Waals surface area contributed by atoms with Crippen LogP contribution in [0.25, 0.3) is 10.8 Å². The zero-order valence-corrected chi connectivity index (χ0v) is 19.7. The summed E-state index contributed by atoms with van der Waals surface area (Å²) in [6.07, 6.45) is 9.88. The van der Waals surface area contributed by atoms with E-state index in [0.717, 1.165) is 67.5 Å². The lowest BCUT2D eigenvalue weighted by Gasteiger charge is -2.48. The largest absolute Gasteiger partial charge is 0.489 e. The number of carbonyl (C=O) groups is 1. The lowest BCUT2D eigenvalue weighted by Crippen LogP contribution is -2.52. The van der Waals surface area contributed by atoms with Gasteiger partial charge in [-0.3, -0.25) is 9.69 Å². The molecule has 2 bridgehead atoms. The van der Waals surface area contributed by atoms with Gasteiger partial charge in [-0.15, -0.1) is 0 Å². The Morgan fingerprint density at radius 1 is 1.06 bits per heavy atom. The van der Waals surface area contributed by atoms with Crippen molar-refractivity contribution in [3.8, 4) is 5.75 Å². The maximum Gasteiger partial charge on any atom is 0.306 e. The number of piperidine rings is 2. The molecule has 1 saturated carbocycles. The summed E-state index contributed by atoms with van der Waals surface area (Å²) in [6, 6.07) is 11.4. The van der Waals surface area contributed by atoms with Gasteiger partial charge in [0, 0.05) is 24.0 Å². The maximum absolute atomic E-state index is 11.6. The van der Waals surface area contributed by atoms with E-state index in [4.69, 9.17) is 16.3 Å². The van der Waals surface area contributed by atoms with Crippen LogP contribution in [0.1, 0.15) is 70.3 Å². The number of carboxylic acids is 1. The number of hydrogen-bond donors (Lipinski definition) is 1. The molecule has 172 valence electrons. The SMILES string of the molecule is CC1CCC(Oc2ccc3ccc(CN4C5CCCC4CC(C(=O)O)C5)cc3c2Cl)CC1. The number of rotatable bonds is 5. The van der Waals surface area contributed by atoms with E-state index in [1.807, 2.05) is 6.07 Å². The minimum Gasteiger partial charge on any atom is -0.489 e. The van der Waals surface area contributed by atoms with Crippen LogP contribution in [0.2, 0.25) is 5.02 Å². The predicted molar refractivity (Wildman–Crippen MR) is 128 cm³/mol. The second kappa shape index (κ2) is 9.23. The fraction of sp³-hybridized carbons (Fsp3) is 0.593. The molecule has 0 aromatic heterocycles. The molecule has 5 heteroatoms. The van der Waals surface area contributed by atoms with E-state index in [1.165, 1.54) is 24.8 Å². The first-order chi connectivity index (χ1) is 15.5. The van der Waals surface area contributed by atoms with E-state index >= 15 is 0 Å². The van der Waals surface area contributed by atoms with Crippen LogP contribution in [0.15, 0.2) is 30.3 Å². The fourth-order valence-electron chi connectivity index (χ4n) is 6.18. The summed E-state index contributed by atoms with van der Waals surface area (Å²) in [7, 11) is 0. The lowest BCUT2D eigenvalue weighted by atomic mass is 9.78. The highest BCUT2D eigenvalue weighted by Gasteiger charge is 2.40. The Hall–Kier alpha value is -1.78. The van der Waals surface area contributed by atoms with Gasteiger partial charge in [0.05, 0.1) is 17.0 Å². The molecule has 1 N–H and O–H groups in total. The number of ether oxygens (including phenoxy) is 1. The second-order valence-electron chi connectivity index (χ2n) is 10.4. The van der Waals surface area contributed by atoms with Gasteiger partial charge in [0.1, 0.15) is 5.75 Å². The smallest absolute Gasteiger partial charge is 0.306 e. The zero-order valence-electron chi connectivity index (χ0n) is 18.9. The molecule has 4 nitrogen and oxygen atoms in total. The Morgan fingerprint density at radius 3 is 2.44 bits per heavy atom. The summed E-state index contributed by atoms with van der Waals surface area (Å²) in [5.41, 5.74) is 1.24. The summed E-state index contributed by atoms with van der Waals surface area (Å²) in [4.78, 5) is 14.1. The Morgan fingerprint density at radius 2 is 1.75 bits per heavy atom. The maximum atomic E-state index is 11.6. The van der Waals surface area contributed by atoms with E-state index in [1.54, 1.807) is 0 Å². The van der Waals surface area contributed by atoms with Gasteiger partial charge in [-0.25, -0.2) is 0 Å². The van der Waals surface area contributed by atoms with Gasteiger partial charge < -0.3 is 9.84 Å². The molecule has 0 amide bonds. The van der Waals surface area contributed by atoms with E-state index in [-0.39, 0.29) is 12.0 Å². The van der Waals surface area contributed by atoms with Crippen LogP contribution < -0.4 is 4.74 Å². The van der Waals surface area contributed by atoms with Crippen molar-refractivity contribution < 1.29 is 14.6 Å². The summed E-state index contributed by atoms with van der Waals surface area (Å²) in [5.74, 6) is 0.786. The van der Waals surface area contributed by atoms with Crippen LogP contribution in [0, 0.1) is 11.8 Å². The number of hydrogen-bond acceptors (Lipinski definition) is 3. The third-order valence-corrected chi connectivity index (χ3v) is 8.47. The van der Waals surface area contributed by atoms with E-state index in [9.17, 15) is 9.90 Å². The van der Waals surface area contributed by atoms with Gasteiger partial charge in [-0.1, -0.05) is 43.1 Å². The van der Waals surface area contributed by atoms with Crippen molar-refractivity contribution in [2.24, 2.45) is 11.8 Å². The normalized spacial score (nSPS) is 30.9. The molecule has 0 radical (unpaired) electrons. The molecule has 2 aromatic rings. The topological polar surface area (TPSA) is 49.8 Å². The number of nitrogens with zero attached hydrogens (tertiary/aromatic N) is 1. The van der Waals surface area contributed by atoms with Crippen LogP contribution in [0.3, 0.4) is 0 Å². The average Bonchev–Trinajstić information content (AvgIpc) is 2.77. The summed E-state index contributed by atoms with van der Waals surface area (Å²) in [5, 5.41) is 12.4. The molecular weight excluding hydrogens is 422 g/mol. The Bertz CT molecular complexity index is 970. The number of fused-ring (bicyclic) bond motifs is 3. The van der Waals surface area contributed by atoms with Crippen molar-refractivity contribution in [3.63, 3.8) is 0 Å². The first-order valence-electron chi connectivity index (χ1n) is 12.3. The highest BCUT2D eigenvalue weighted by Crippen LogP contribution is 2.40. The number of halogens is 1. The third kappa shape index (κ3) is 4.49. The highest BCUT2D eigenvalue weighted by molar-refractivity contribution is 6.37. The van der Waals surface area contributed by atoms with Crippen LogP contribution in [0.4, 0.5) is 0 Å². The summed E-state index contributed by atoms with van der Waals surface area (Å²) < 4.78 is 6.33. The molecule has 2 aromatic carbocycles. The Kier molecular flexibility index (Phi) is 6.35. The summed E-state index contributed by atoms with van der Waals surface area (Å²) >= 11 is 6.85. The molecular formula is C27H34ClNO3. The highest BCUT2D eigenvalue weighted by atomic mass is 35.5. The Labute approximate surface area is 195 Å². The zero-order chi connectivity index (χ0) is 22.2. The van der Waals surface area contributed by atoms with Crippen LogP contribution >= 0.6 is 11.6 Å². The molecule has 2 saturated heterocycles. The molecule has 0 spiro atoms. The number of carboxylic acid groups (broad SMARTS) is 1. The first-order valence-corrected chi connectivity index (χ1v) is 12.7. The van der Waals surface area contributed by atoms with E-state index in [2.05, 4.69) is 36.1 Å². The standard InChI is InChI=1S/C27H34ClNO3/c1-17-5-10-23(11-6-17)32-25-12-9-19-8-7-18(13-24(19)26(25)28)16-29-21-3-2-4-22(29)15-20(14-21)27(30)31/h7-9,12-13,17,20-23H,2-6,10-11,14-16H2,1H3,(H,30,31). The third-order valence-electron chi connectivity index (χ3n) is 8.08. The minimum absolute atomic E-state index is 0.185. The number of benzene rings is 2. The monoisotopic (exact) mass is 455 g/mol. The molecule has 3 fully saturated rings. The predicted octanol–water partition coefficient (Wildman–Crippen LogP) is 6.67. The molecule has 2 atom stereocenters. The average molecular weight is 456 g/mol. The minimum atomic E-state index is -0.626. The van der Waals surface area contributed by atoms with Gasteiger partial charge in [0.25, 0.3) is 0 Å². The number of aliphatic carboxylic acids is 1. The molecule has 5 rings (SSSR count). The van der Waals surface area contributed by atoms with Gasteiger partial charge in [0.2, 0.25) is 0 Å². The molecule has 1 aliphatic carbocycles. The van der Waals surface area contributed by atoms with Crippen LogP contribution in [0.5, 0.6) is 5.75 Å². The van der Waals surface area contributed by atoms with Crippen molar-refractivity contribution in [1.29, 1.82) is 0 Å². The van der Waals surface area contributed by atoms with Gasteiger partial charge in [0.15, 0.2) is 0 Å². The van der Waals surface area contributed by atoms with E-state index in [0.29, 0.717) is 17.1 Å². The van der Waals surface area contributed by atoms with Crippen LogP contribution in [-0.2, 0) is 11.3 Å². The fourth-order valence-corrected chi connectivity index (χ4v) is 6.45. The van der Waals surface area contributed by atoms with Crippen molar-refractivity contribution in [3.05, 3.63) is 40.9 Å².